The number of hydrogen-bond donors (Lipinski definition) is 1. The first-order chi connectivity index (χ1) is 13.2. The van der Waals surface area contributed by atoms with Gasteiger partial charge >= 0.3 is 0 Å². The van der Waals surface area contributed by atoms with Crippen molar-refractivity contribution in [1.29, 1.82) is 0 Å². The molecule has 0 bridgehead atoms. The van der Waals surface area contributed by atoms with E-state index in [4.69, 9.17) is 0 Å². The van der Waals surface area contributed by atoms with Crippen LogP contribution in [-0.2, 0) is 19.5 Å². The van der Waals surface area contributed by atoms with Gasteiger partial charge in [-0.2, -0.15) is 5.10 Å². The minimum atomic E-state index is -0.111. The SMILES string of the molecule is O=C(NCCCn1cccn1)c1c(-c2ccccc2)cc(=O)n2c1CCC2. The van der Waals surface area contributed by atoms with Gasteiger partial charge in [0.05, 0.1) is 5.56 Å². The molecule has 1 amide bonds. The molecular weight excluding hydrogens is 340 g/mol. The summed E-state index contributed by atoms with van der Waals surface area (Å²) in [5, 5.41) is 7.19. The molecule has 138 valence electrons. The number of rotatable bonds is 6. The van der Waals surface area contributed by atoms with E-state index in [0.29, 0.717) is 18.7 Å². The van der Waals surface area contributed by atoms with Gasteiger partial charge in [0.25, 0.3) is 11.5 Å². The lowest BCUT2D eigenvalue weighted by atomic mass is 9.97. The summed E-state index contributed by atoms with van der Waals surface area (Å²) < 4.78 is 3.59. The molecule has 0 atom stereocenters. The van der Waals surface area contributed by atoms with Crippen LogP contribution in [-0.4, -0.2) is 26.8 Å². The highest BCUT2D eigenvalue weighted by Gasteiger charge is 2.24. The highest BCUT2D eigenvalue weighted by molar-refractivity contribution is 6.02. The van der Waals surface area contributed by atoms with Crippen molar-refractivity contribution >= 4 is 5.91 Å². The van der Waals surface area contributed by atoms with E-state index in [-0.39, 0.29) is 11.5 Å². The number of amides is 1. The molecule has 6 nitrogen and oxygen atoms in total. The van der Waals surface area contributed by atoms with E-state index in [1.54, 1.807) is 16.8 Å². The lowest BCUT2D eigenvalue weighted by Gasteiger charge is -2.15. The fourth-order valence-corrected chi connectivity index (χ4v) is 3.67. The number of pyridine rings is 1. The Morgan fingerprint density at radius 2 is 2.04 bits per heavy atom. The van der Waals surface area contributed by atoms with Crippen molar-refractivity contribution < 1.29 is 4.79 Å². The predicted octanol–water partition coefficient (Wildman–Crippen LogP) is 2.48. The third kappa shape index (κ3) is 3.56. The number of carbonyl (C=O) groups excluding carboxylic acids is 1. The van der Waals surface area contributed by atoms with Crippen molar-refractivity contribution in [2.24, 2.45) is 0 Å². The number of nitrogens with one attached hydrogen (secondary N) is 1. The van der Waals surface area contributed by atoms with Crippen molar-refractivity contribution in [2.75, 3.05) is 6.54 Å². The van der Waals surface area contributed by atoms with Crippen LogP contribution in [0.5, 0.6) is 0 Å². The summed E-state index contributed by atoms with van der Waals surface area (Å²) in [5.74, 6) is -0.111. The van der Waals surface area contributed by atoms with Crippen molar-refractivity contribution in [3.63, 3.8) is 0 Å². The molecule has 27 heavy (non-hydrogen) atoms. The van der Waals surface area contributed by atoms with Crippen LogP contribution in [0.4, 0.5) is 0 Å². The number of carbonyl (C=O) groups is 1. The second-order valence-corrected chi connectivity index (χ2v) is 6.72. The summed E-state index contributed by atoms with van der Waals surface area (Å²) >= 11 is 0. The zero-order valence-electron chi connectivity index (χ0n) is 15.1. The normalized spacial score (nSPS) is 12.7. The van der Waals surface area contributed by atoms with Gasteiger partial charge in [0, 0.05) is 49.4 Å². The Morgan fingerprint density at radius 3 is 2.81 bits per heavy atom. The maximum absolute atomic E-state index is 13.0. The number of hydrogen-bond acceptors (Lipinski definition) is 3. The van der Waals surface area contributed by atoms with Gasteiger partial charge in [0.2, 0.25) is 0 Å². The van der Waals surface area contributed by atoms with Crippen LogP contribution in [0.2, 0.25) is 0 Å². The summed E-state index contributed by atoms with van der Waals surface area (Å²) in [6.45, 7) is 2.00. The first kappa shape index (κ1) is 17.3. The van der Waals surface area contributed by atoms with Gasteiger partial charge in [0.15, 0.2) is 0 Å². The second kappa shape index (κ2) is 7.61. The maximum Gasteiger partial charge on any atom is 0.253 e. The molecule has 0 spiro atoms. The third-order valence-corrected chi connectivity index (χ3v) is 4.93. The molecule has 2 aromatic heterocycles. The summed E-state index contributed by atoms with van der Waals surface area (Å²) in [5.41, 5.74) is 3.07. The summed E-state index contributed by atoms with van der Waals surface area (Å²) in [6.07, 6.45) is 6.10. The average molecular weight is 362 g/mol. The molecular formula is C21H22N4O2. The number of nitrogens with zero attached hydrogens (tertiary/aromatic N) is 3. The predicted molar refractivity (Wildman–Crippen MR) is 104 cm³/mol. The number of aryl methyl sites for hydroxylation is 1. The topological polar surface area (TPSA) is 68.9 Å². The Kier molecular flexibility index (Phi) is 4.87. The molecule has 4 rings (SSSR count). The zero-order valence-corrected chi connectivity index (χ0v) is 15.1. The highest BCUT2D eigenvalue weighted by Crippen LogP contribution is 2.28. The molecule has 0 aliphatic carbocycles. The van der Waals surface area contributed by atoms with Crippen LogP contribution >= 0.6 is 0 Å². The van der Waals surface area contributed by atoms with Crippen molar-refractivity contribution in [3.8, 4) is 11.1 Å². The molecule has 6 heteroatoms. The maximum atomic E-state index is 13.0. The van der Waals surface area contributed by atoms with E-state index in [1.807, 2.05) is 47.3 Å². The van der Waals surface area contributed by atoms with Crippen LogP contribution in [0.25, 0.3) is 11.1 Å². The molecule has 0 radical (unpaired) electrons. The van der Waals surface area contributed by atoms with Gasteiger partial charge in [-0.05, 0) is 30.9 Å². The highest BCUT2D eigenvalue weighted by atomic mass is 16.2. The van der Waals surface area contributed by atoms with Gasteiger partial charge in [-0.25, -0.2) is 0 Å². The van der Waals surface area contributed by atoms with E-state index in [9.17, 15) is 9.59 Å². The number of aromatic nitrogens is 3. The number of benzene rings is 1. The van der Waals surface area contributed by atoms with E-state index in [0.717, 1.165) is 42.6 Å². The molecule has 3 heterocycles. The molecule has 0 saturated carbocycles. The molecule has 0 fully saturated rings. The minimum absolute atomic E-state index is 0.0309. The Bertz CT molecular complexity index is 991. The van der Waals surface area contributed by atoms with E-state index in [1.165, 1.54) is 0 Å². The van der Waals surface area contributed by atoms with Crippen LogP contribution in [0.3, 0.4) is 0 Å². The molecule has 1 aromatic carbocycles. The quantitative estimate of drug-likeness (QED) is 0.685. The fraction of sp³-hybridized carbons (Fsp3) is 0.286. The van der Waals surface area contributed by atoms with E-state index in [2.05, 4.69) is 10.4 Å². The lowest BCUT2D eigenvalue weighted by molar-refractivity contribution is 0.0951. The molecule has 0 unspecified atom stereocenters. The van der Waals surface area contributed by atoms with Crippen LogP contribution in [0, 0.1) is 0 Å². The van der Waals surface area contributed by atoms with Crippen LogP contribution in [0.1, 0.15) is 28.9 Å². The van der Waals surface area contributed by atoms with Crippen LogP contribution < -0.4 is 10.9 Å². The Morgan fingerprint density at radius 1 is 1.19 bits per heavy atom. The smallest absolute Gasteiger partial charge is 0.253 e. The first-order valence-corrected chi connectivity index (χ1v) is 9.32. The summed E-state index contributed by atoms with van der Waals surface area (Å²) in [6, 6.07) is 13.1. The van der Waals surface area contributed by atoms with E-state index >= 15 is 0 Å². The molecule has 1 aliphatic heterocycles. The van der Waals surface area contributed by atoms with Gasteiger partial charge < -0.3 is 9.88 Å². The summed E-state index contributed by atoms with van der Waals surface area (Å²) in [4.78, 5) is 25.5. The second-order valence-electron chi connectivity index (χ2n) is 6.72. The number of fused-ring (bicyclic) bond motifs is 1. The molecule has 1 N–H and O–H groups in total. The van der Waals surface area contributed by atoms with Crippen molar-refractivity contribution in [3.05, 3.63) is 76.5 Å². The Hall–Kier alpha value is -3.15. The zero-order chi connectivity index (χ0) is 18.6. The minimum Gasteiger partial charge on any atom is -0.352 e. The Labute approximate surface area is 157 Å². The van der Waals surface area contributed by atoms with Crippen LogP contribution in [0.15, 0.2) is 59.7 Å². The third-order valence-electron chi connectivity index (χ3n) is 4.93. The van der Waals surface area contributed by atoms with E-state index < -0.39 is 0 Å². The molecule has 3 aromatic rings. The largest absolute Gasteiger partial charge is 0.352 e. The summed E-state index contributed by atoms with van der Waals surface area (Å²) in [7, 11) is 0. The first-order valence-electron chi connectivity index (χ1n) is 9.32. The Balaban J connectivity index is 1.59. The van der Waals surface area contributed by atoms with Crippen molar-refractivity contribution in [2.45, 2.75) is 32.4 Å². The van der Waals surface area contributed by atoms with Crippen molar-refractivity contribution in [1.82, 2.24) is 19.7 Å². The standard InChI is InChI=1S/C21H22N4O2/c26-19-15-17(16-7-2-1-3-8-16)20(18-9-4-14-25(18)19)21(27)22-10-5-12-24-13-6-11-23-24/h1-3,6-8,11,13,15H,4-5,9-10,12,14H2,(H,22,27). The average Bonchev–Trinajstić information content (AvgIpc) is 3.38. The van der Waals surface area contributed by atoms with Gasteiger partial charge in [0.1, 0.15) is 0 Å². The molecule has 1 aliphatic rings. The molecule has 0 saturated heterocycles. The monoisotopic (exact) mass is 362 g/mol. The van der Waals surface area contributed by atoms with Gasteiger partial charge in [-0.1, -0.05) is 30.3 Å². The fourth-order valence-electron chi connectivity index (χ4n) is 3.67. The van der Waals surface area contributed by atoms with Gasteiger partial charge in [-0.15, -0.1) is 0 Å². The van der Waals surface area contributed by atoms with Gasteiger partial charge in [-0.3, -0.25) is 14.3 Å². The lowest BCUT2D eigenvalue weighted by Crippen LogP contribution is -2.30.